The number of nitrogens with one attached hydrogen (secondary N) is 4. The molecule has 8 nitrogen and oxygen atoms in total. The van der Waals surface area contributed by atoms with E-state index in [0.717, 1.165) is 35.8 Å². The molecular formula is C21H28N4O4S. The molecule has 1 heterocycles. The first-order valence-electron chi connectivity index (χ1n) is 10.3. The van der Waals surface area contributed by atoms with Crippen LogP contribution in [0.1, 0.15) is 43.0 Å². The van der Waals surface area contributed by atoms with Gasteiger partial charge in [0.25, 0.3) is 5.91 Å². The lowest BCUT2D eigenvalue weighted by atomic mass is 9.82. The second kappa shape index (κ2) is 10.3. The topological polar surface area (TPSA) is 120 Å². The second-order valence-corrected chi connectivity index (χ2v) is 8.62. The number of hydrogen-bond donors (Lipinski definition) is 5. The molecule has 5 N–H and O–H groups in total. The molecule has 1 aliphatic carbocycles. The van der Waals surface area contributed by atoms with Crippen LogP contribution >= 0.6 is 11.3 Å². The summed E-state index contributed by atoms with van der Waals surface area (Å²) < 4.78 is 0.945. The minimum atomic E-state index is -0.982. The number of hydrogen-bond acceptors (Lipinski definition) is 4. The molecule has 9 heteroatoms. The van der Waals surface area contributed by atoms with Gasteiger partial charge in [0.1, 0.15) is 5.00 Å². The Bertz CT molecular complexity index is 906. The largest absolute Gasteiger partial charge is 0.465 e. The highest BCUT2D eigenvalue weighted by Gasteiger charge is 2.24. The Kier molecular flexibility index (Phi) is 7.51. The van der Waals surface area contributed by atoms with Crippen LogP contribution in [-0.4, -0.2) is 42.8 Å². The maximum Gasteiger partial charge on any atom is 0.404 e. The number of fused-ring (bicyclic) bond motifs is 1. The van der Waals surface area contributed by atoms with Crippen molar-refractivity contribution in [2.45, 2.75) is 32.6 Å². The minimum Gasteiger partial charge on any atom is -0.465 e. The molecule has 0 spiro atoms. The van der Waals surface area contributed by atoms with E-state index < -0.39 is 6.09 Å². The maximum absolute atomic E-state index is 13.0. The number of carboxylic acid groups (broad SMARTS) is 1. The molecule has 4 amide bonds. The Morgan fingerprint density at radius 2 is 1.63 bits per heavy atom. The molecule has 0 unspecified atom stereocenters. The Labute approximate surface area is 179 Å². The quantitative estimate of drug-likeness (QED) is 0.456. The first-order chi connectivity index (χ1) is 14.5. The standard InChI is InChI=1S/C21H28N4O4S/c1-2-22-20(27)25-19-17(15-5-3-4-6-16(15)30-19)18(26)23-11-13-7-9-14(10-8-13)12-24-21(28)29/h3-6,13-14,24H,2,7-12H2,1H3,(H,23,26)(H,28,29)(H2,22,25,27)/t13-,14-. The average molecular weight is 433 g/mol. The summed E-state index contributed by atoms with van der Waals surface area (Å²) in [6.07, 6.45) is 2.84. The van der Waals surface area contributed by atoms with E-state index in [1.807, 2.05) is 31.2 Å². The fourth-order valence-electron chi connectivity index (χ4n) is 3.86. The summed E-state index contributed by atoms with van der Waals surface area (Å²) in [5, 5.41) is 21.1. The molecule has 0 radical (unpaired) electrons. The maximum atomic E-state index is 13.0. The number of amides is 4. The first-order valence-corrected chi connectivity index (χ1v) is 11.1. The molecule has 162 valence electrons. The third kappa shape index (κ3) is 5.63. The molecule has 1 aromatic heterocycles. The highest BCUT2D eigenvalue weighted by Crippen LogP contribution is 2.36. The van der Waals surface area contributed by atoms with Crippen molar-refractivity contribution in [3.8, 4) is 0 Å². The third-order valence-corrected chi connectivity index (χ3v) is 6.53. The van der Waals surface area contributed by atoms with Gasteiger partial charge in [0, 0.05) is 29.7 Å². The number of carbonyl (C=O) groups excluding carboxylic acids is 2. The van der Waals surface area contributed by atoms with E-state index in [9.17, 15) is 14.4 Å². The lowest BCUT2D eigenvalue weighted by Gasteiger charge is -2.28. The molecular weight excluding hydrogens is 404 g/mol. The van der Waals surface area contributed by atoms with Crippen LogP contribution in [-0.2, 0) is 0 Å². The smallest absolute Gasteiger partial charge is 0.404 e. The summed E-state index contributed by atoms with van der Waals surface area (Å²) >= 11 is 1.39. The van der Waals surface area contributed by atoms with Crippen molar-refractivity contribution in [1.82, 2.24) is 16.0 Å². The Balaban J connectivity index is 1.61. The second-order valence-electron chi connectivity index (χ2n) is 7.57. The number of benzene rings is 1. The van der Waals surface area contributed by atoms with E-state index in [-0.39, 0.29) is 11.9 Å². The van der Waals surface area contributed by atoms with Gasteiger partial charge in [-0.3, -0.25) is 10.1 Å². The molecule has 30 heavy (non-hydrogen) atoms. The fourth-order valence-corrected chi connectivity index (χ4v) is 4.96. The van der Waals surface area contributed by atoms with Gasteiger partial charge in [0.05, 0.1) is 5.56 Å². The van der Waals surface area contributed by atoms with Gasteiger partial charge in [-0.15, -0.1) is 11.3 Å². The normalized spacial score (nSPS) is 18.6. The van der Waals surface area contributed by atoms with E-state index in [2.05, 4.69) is 21.3 Å². The van der Waals surface area contributed by atoms with Crippen LogP contribution in [0.5, 0.6) is 0 Å². The summed E-state index contributed by atoms with van der Waals surface area (Å²) in [4.78, 5) is 35.7. The van der Waals surface area contributed by atoms with Gasteiger partial charge in [-0.2, -0.15) is 0 Å². The van der Waals surface area contributed by atoms with Crippen molar-refractivity contribution in [1.29, 1.82) is 0 Å². The van der Waals surface area contributed by atoms with Crippen LogP contribution in [0, 0.1) is 11.8 Å². The van der Waals surface area contributed by atoms with Gasteiger partial charge in [-0.05, 0) is 50.5 Å². The summed E-state index contributed by atoms with van der Waals surface area (Å²) in [5.74, 6) is 0.551. The molecule has 1 aromatic carbocycles. The Morgan fingerprint density at radius 1 is 1.00 bits per heavy atom. The van der Waals surface area contributed by atoms with E-state index in [0.29, 0.717) is 42.0 Å². The van der Waals surface area contributed by atoms with Crippen molar-refractivity contribution in [3.05, 3.63) is 29.8 Å². The summed E-state index contributed by atoms with van der Waals surface area (Å²) in [6.45, 7) is 3.40. The van der Waals surface area contributed by atoms with Crippen molar-refractivity contribution >= 4 is 44.5 Å². The highest BCUT2D eigenvalue weighted by atomic mass is 32.1. The van der Waals surface area contributed by atoms with Crippen molar-refractivity contribution in [3.63, 3.8) is 0 Å². The van der Waals surface area contributed by atoms with Crippen LogP contribution in [0.4, 0.5) is 14.6 Å². The van der Waals surface area contributed by atoms with Gasteiger partial charge in [-0.1, -0.05) is 18.2 Å². The van der Waals surface area contributed by atoms with Crippen LogP contribution < -0.4 is 21.3 Å². The average Bonchev–Trinajstić information content (AvgIpc) is 3.09. The van der Waals surface area contributed by atoms with Gasteiger partial charge < -0.3 is 21.1 Å². The van der Waals surface area contributed by atoms with E-state index in [4.69, 9.17) is 5.11 Å². The van der Waals surface area contributed by atoms with Gasteiger partial charge in [0.2, 0.25) is 0 Å². The zero-order valence-corrected chi connectivity index (χ0v) is 17.8. The van der Waals surface area contributed by atoms with Gasteiger partial charge >= 0.3 is 12.1 Å². The lowest BCUT2D eigenvalue weighted by molar-refractivity contribution is 0.0943. The van der Waals surface area contributed by atoms with E-state index in [1.54, 1.807) is 0 Å². The van der Waals surface area contributed by atoms with Crippen LogP contribution in [0.3, 0.4) is 0 Å². The number of rotatable bonds is 7. The number of thiophene rings is 1. The summed E-state index contributed by atoms with van der Waals surface area (Å²) in [7, 11) is 0. The van der Waals surface area contributed by atoms with Gasteiger partial charge in [-0.25, -0.2) is 9.59 Å². The van der Waals surface area contributed by atoms with Gasteiger partial charge in [0.15, 0.2) is 0 Å². The summed E-state index contributed by atoms with van der Waals surface area (Å²) in [5.41, 5.74) is 0.501. The molecule has 0 bridgehead atoms. The molecule has 0 atom stereocenters. The van der Waals surface area contributed by atoms with E-state index in [1.165, 1.54) is 11.3 Å². The first kappa shape index (κ1) is 21.9. The highest BCUT2D eigenvalue weighted by molar-refractivity contribution is 7.23. The fraction of sp³-hybridized carbons (Fsp3) is 0.476. The zero-order chi connectivity index (χ0) is 21.5. The molecule has 3 rings (SSSR count). The zero-order valence-electron chi connectivity index (χ0n) is 17.0. The van der Waals surface area contributed by atoms with Crippen LogP contribution in [0.2, 0.25) is 0 Å². The Morgan fingerprint density at radius 3 is 2.27 bits per heavy atom. The third-order valence-electron chi connectivity index (χ3n) is 5.45. The molecule has 1 saturated carbocycles. The Hall–Kier alpha value is -2.81. The van der Waals surface area contributed by atoms with Crippen LogP contribution in [0.25, 0.3) is 10.1 Å². The number of anilines is 1. The SMILES string of the molecule is CCNC(=O)Nc1sc2ccccc2c1C(=O)NC[C@H]1CC[C@H](CNC(=O)O)CC1. The lowest BCUT2D eigenvalue weighted by Crippen LogP contribution is -2.34. The predicted octanol–water partition coefficient (Wildman–Crippen LogP) is 3.85. The van der Waals surface area contributed by atoms with Crippen molar-refractivity contribution in [2.24, 2.45) is 11.8 Å². The predicted molar refractivity (Wildman–Crippen MR) is 118 cm³/mol. The number of carbonyl (C=O) groups is 3. The molecule has 1 aliphatic rings. The monoisotopic (exact) mass is 432 g/mol. The molecule has 1 fully saturated rings. The molecule has 0 aliphatic heterocycles. The van der Waals surface area contributed by atoms with Crippen molar-refractivity contribution in [2.75, 3.05) is 25.0 Å². The van der Waals surface area contributed by atoms with Crippen molar-refractivity contribution < 1.29 is 19.5 Å². The van der Waals surface area contributed by atoms with Crippen LogP contribution in [0.15, 0.2) is 24.3 Å². The minimum absolute atomic E-state index is 0.186. The molecule has 0 saturated heterocycles. The van der Waals surface area contributed by atoms with E-state index >= 15 is 0 Å². The number of urea groups is 1. The molecule has 2 aromatic rings. The summed E-state index contributed by atoms with van der Waals surface area (Å²) in [6, 6.07) is 7.30.